The Hall–Kier alpha value is -1.59. The van der Waals surface area contributed by atoms with Gasteiger partial charge in [-0.15, -0.1) is 0 Å². The van der Waals surface area contributed by atoms with Crippen LogP contribution < -0.4 is 10.5 Å². The van der Waals surface area contributed by atoms with Crippen LogP contribution in [0.2, 0.25) is 0 Å². The van der Waals surface area contributed by atoms with Gasteiger partial charge >= 0.3 is 5.97 Å². The number of hydrogen-bond donors (Lipinski definition) is 2. The van der Waals surface area contributed by atoms with E-state index >= 15 is 0 Å². The molecule has 0 spiro atoms. The third-order valence-corrected chi connectivity index (χ3v) is 2.87. The Kier molecular flexibility index (Phi) is 5.98. The molecule has 1 rings (SSSR count). The van der Waals surface area contributed by atoms with E-state index in [1.807, 2.05) is 24.3 Å². The second kappa shape index (κ2) is 7.26. The molecule has 0 aromatic heterocycles. The summed E-state index contributed by atoms with van der Waals surface area (Å²) in [5, 5.41) is 9.58. The largest absolute Gasteiger partial charge is 0.493 e. The van der Waals surface area contributed by atoms with Gasteiger partial charge in [-0.3, -0.25) is 4.79 Å². The number of methoxy groups -OCH3 is 1. The monoisotopic (exact) mass is 281 g/mol. The fourth-order valence-corrected chi connectivity index (χ4v) is 1.63. The molecule has 1 atom stereocenters. The molecule has 20 heavy (non-hydrogen) atoms. The SMILES string of the molecule is COC(=O)C(N)Cc1ccc(OCCC(C)(C)O)cc1. The van der Waals surface area contributed by atoms with Gasteiger partial charge in [0.25, 0.3) is 0 Å². The highest BCUT2D eigenvalue weighted by Gasteiger charge is 2.14. The van der Waals surface area contributed by atoms with Crippen LogP contribution in [0.15, 0.2) is 24.3 Å². The number of carbonyl (C=O) groups excluding carboxylic acids is 1. The quantitative estimate of drug-likeness (QED) is 0.736. The Morgan fingerprint density at radius 1 is 1.35 bits per heavy atom. The smallest absolute Gasteiger partial charge is 0.322 e. The highest BCUT2D eigenvalue weighted by Crippen LogP contribution is 2.15. The van der Waals surface area contributed by atoms with Crippen molar-refractivity contribution in [3.8, 4) is 5.75 Å². The zero-order chi connectivity index (χ0) is 15.2. The minimum atomic E-state index is -0.729. The van der Waals surface area contributed by atoms with Crippen molar-refractivity contribution in [3.63, 3.8) is 0 Å². The summed E-state index contributed by atoms with van der Waals surface area (Å²) >= 11 is 0. The molecule has 5 nitrogen and oxygen atoms in total. The lowest BCUT2D eigenvalue weighted by Crippen LogP contribution is -2.33. The van der Waals surface area contributed by atoms with E-state index in [1.165, 1.54) is 7.11 Å². The summed E-state index contributed by atoms with van der Waals surface area (Å²) in [6.45, 7) is 3.94. The minimum Gasteiger partial charge on any atom is -0.493 e. The van der Waals surface area contributed by atoms with Crippen molar-refractivity contribution in [2.24, 2.45) is 5.73 Å². The van der Waals surface area contributed by atoms with Gasteiger partial charge in [0, 0.05) is 6.42 Å². The van der Waals surface area contributed by atoms with E-state index in [2.05, 4.69) is 4.74 Å². The molecule has 112 valence electrons. The van der Waals surface area contributed by atoms with Gasteiger partial charge in [0.1, 0.15) is 11.8 Å². The van der Waals surface area contributed by atoms with Gasteiger partial charge in [0.05, 0.1) is 19.3 Å². The maximum atomic E-state index is 11.2. The number of nitrogens with two attached hydrogens (primary N) is 1. The van der Waals surface area contributed by atoms with Crippen molar-refractivity contribution in [1.29, 1.82) is 0 Å². The zero-order valence-corrected chi connectivity index (χ0v) is 12.3. The lowest BCUT2D eigenvalue weighted by atomic mass is 10.1. The van der Waals surface area contributed by atoms with Crippen molar-refractivity contribution in [2.75, 3.05) is 13.7 Å². The summed E-state index contributed by atoms with van der Waals surface area (Å²) in [6.07, 6.45) is 0.985. The van der Waals surface area contributed by atoms with Crippen LogP contribution in [0.3, 0.4) is 0 Å². The number of carbonyl (C=O) groups is 1. The van der Waals surface area contributed by atoms with Crippen LogP contribution >= 0.6 is 0 Å². The molecule has 0 heterocycles. The number of aliphatic hydroxyl groups is 1. The van der Waals surface area contributed by atoms with Gasteiger partial charge in [-0.25, -0.2) is 0 Å². The number of hydrogen-bond acceptors (Lipinski definition) is 5. The van der Waals surface area contributed by atoms with Gasteiger partial charge in [0.2, 0.25) is 0 Å². The van der Waals surface area contributed by atoms with Crippen molar-refractivity contribution in [3.05, 3.63) is 29.8 Å². The lowest BCUT2D eigenvalue weighted by Gasteiger charge is -2.17. The summed E-state index contributed by atoms with van der Waals surface area (Å²) in [4.78, 5) is 11.2. The number of rotatable bonds is 7. The number of benzene rings is 1. The standard InChI is InChI=1S/C15H23NO4/c1-15(2,18)8-9-20-12-6-4-11(5-7-12)10-13(16)14(17)19-3/h4-7,13,18H,8-10,16H2,1-3H3. The van der Waals surface area contributed by atoms with Gasteiger partial charge in [0.15, 0.2) is 0 Å². The predicted octanol–water partition coefficient (Wildman–Crippen LogP) is 1.27. The van der Waals surface area contributed by atoms with Gasteiger partial charge in [-0.1, -0.05) is 12.1 Å². The Balaban J connectivity index is 2.46. The molecule has 0 aliphatic heterocycles. The molecular formula is C15H23NO4. The number of ether oxygens (including phenoxy) is 2. The predicted molar refractivity (Wildman–Crippen MR) is 76.5 cm³/mol. The average molecular weight is 281 g/mol. The zero-order valence-electron chi connectivity index (χ0n) is 12.3. The molecular weight excluding hydrogens is 258 g/mol. The fourth-order valence-electron chi connectivity index (χ4n) is 1.63. The van der Waals surface area contributed by atoms with Gasteiger partial charge < -0.3 is 20.3 Å². The van der Waals surface area contributed by atoms with E-state index in [4.69, 9.17) is 10.5 Å². The van der Waals surface area contributed by atoms with E-state index in [0.717, 1.165) is 11.3 Å². The van der Waals surface area contributed by atoms with Gasteiger partial charge in [-0.2, -0.15) is 0 Å². The number of esters is 1. The van der Waals surface area contributed by atoms with Gasteiger partial charge in [-0.05, 0) is 38.0 Å². The summed E-state index contributed by atoms with van der Waals surface area (Å²) in [5.41, 5.74) is 5.91. The fraction of sp³-hybridized carbons (Fsp3) is 0.533. The molecule has 0 saturated carbocycles. The highest BCUT2D eigenvalue weighted by molar-refractivity contribution is 5.75. The molecule has 0 saturated heterocycles. The lowest BCUT2D eigenvalue weighted by molar-refractivity contribution is -0.142. The Labute approximate surface area is 119 Å². The molecule has 1 unspecified atom stereocenters. The van der Waals surface area contributed by atoms with Crippen LogP contribution in [-0.4, -0.2) is 36.4 Å². The first-order valence-corrected chi connectivity index (χ1v) is 6.59. The van der Waals surface area contributed by atoms with Crippen LogP contribution in [0.5, 0.6) is 5.75 Å². The molecule has 0 fully saturated rings. The molecule has 3 N–H and O–H groups in total. The molecule has 0 amide bonds. The van der Waals surface area contributed by atoms with Crippen molar-refractivity contribution >= 4 is 5.97 Å². The molecule has 1 aromatic rings. The third kappa shape index (κ3) is 6.04. The Morgan fingerprint density at radius 3 is 2.45 bits per heavy atom. The van der Waals surface area contributed by atoms with Crippen molar-refractivity contribution in [2.45, 2.75) is 38.3 Å². The average Bonchev–Trinajstić information content (AvgIpc) is 2.38. The minimum absolute atomic E-state index is 0.421. The van der Waals surface area contributed by atoms with Crippen LogP contribution in [0.1, 0.15) is 25.8 Å². The molecule has 0 aliphatic carbocycles. The summed E-state index contributed by atoms with van der Waals surface area (Å²) < 4.78 is 10.1. The first kappa shape index (κ1) is 16.5. The molecule has 5 heteroatoms. The maximum absolute atomic E-state index is 11.2. The first-order chi connectivity index (χ1) is 9.31. The second-order valence-electron chi connectivity index (χ2n) is 5.39. The Bertz CT molecular complexity index is 422. The molecule has 0 aliphatic rings. The van der Waals surface area contributed by atoms with Crippen LogP contribution in [0, 0.1) is 0 Å². The van der Waals surface area contributed by atoms with Crippen LogP contribution in [0.25, 0.3) is 0 Å². The van der Waals surface area contributed by atoms with E-state index in [-0.39, 0.29) is 0 Å². The molecule has 0 bridgehead atoms. The summed E-state index contributed by atoms with van der Waals surface area (Å²) in [7, 11) is 1.32. The van der Waals surface area contributed by atoms with E-state index in [1.54, 1.807) is 13.8 Å². The van der Waals surface area contributed by atoms with Crippen molar-refractivity contribution in [1.82, 2.24) is 0 Å². The second-order valence-corrected chi connectivity index (χ2v) is 5.39. The van der Waals surface area contributed by atoms with Crippen LogP contribution in [-0.2, 0) is 16.0 Å². The summed E-state index contributed by atoms with van der Waals surface area (Å²) in [5.74, 6) is 0.306. The normalized spacial score (nSPS) is 12.8. The van der Waals surface area contributed by atoms with E-state index < -0.39 is 17.6 Å². The Morgan fingerprint density at radius 2 is 1.95 bits per heavy atom. The third-order valence-electron chi connectivity index (χ3n) is 2.87. The topological polar surface area (TPSA) is 81.8 Å². The van der Waals surface area contributed by atoms with Crippen molar-refractivity contribution < 1.29 is 19.4 Å². The maximum Gasteiger partial charge on any atom is 0.322 e. The van der Waals surface area contributed by atoms with Crippen LogP contribution in [0.4, 0.5) is 0 Å². The highest BCUT2D eigenvalue weighted by atomic mass is 16.5. The van der Waals surface area contributed by atoms with E-state index in [9.17, 15) is 9.90 Å². The van der Waals surface area contributed by atoms with E-state index in [0.29, 0.717) is 19.4 Å². The first-order valence-electron chi connectivity index (χ1n) is 6.59. The molecule has 0 radical (unpaired) electrons. The summed E-state index contributed by atoms with van der Waals surface area (Å²) in [6, 6.07) is 6.72. The molecule has 1 aromatic carbocycles.